The maximum absolute atomic E-state index is 3.24. The van der Waals surface area contributed by atoms with Crippen LogP contribution in [0.1, 0.15) is 36.8 Å². The van der Waals surface area contributed by atoms with Gasteiger partial charge in [-0.05, 0) is 57.1 Å². The van der Waals surface area contributed by atoms with E-state index >= 15 is 0 Å². The van der Waals surface area contributed by atoms with E-state index in [1.807, 2.05) is 7.05 Å². The van der Waals surface area contributed by atoms with Gasteiger partial charge in [-0.3, -0.25) is 4.90 Å². The molecule has 0 radical (unpaired) electrons. The van der Waals surface area contributed by atoms with Crippen molar-refractivity contribution in [3.8, 4) is 0 Å². The van der Waals surface area contributed by atoms with Gasteiger partial charge >= 0.3 is 0 Å². The lowest BCUT2D eigenvalue weighted by atomic mass is 10.0. The molecule has 1 heterocycles. The molecular weight excluding hydrogens is 220 g/mol. The molecule has 1 aromatic rings. The highest BCUT2D eigenvalue weighted by Crippen LogP contribution is 2.16. The summed E-state index contributed by atoms with van der Waals surface area (Å²) >= 11 is 0. The molecule has 100 valence electrons. The standard InChI is InChI=1S/C16H26N2/c1-17-11-10-15-8-4-5-9-16(15)14-18-12-6-2-3-7-13-18/h4-5,8-9,17H,2-3,6-7,10-14H2,1H3. The molecule has 0 aromatic heterocycles. The third kappa shape index (κ3) is 4.11. The van der Waals surface area contributed by atoms with E-state index < -0.39 is 0 Å². The van der Waals surface area contributed by atoms with E-state index in [2.05, 4.69) is 34.5 Å². The average Bonchev–Trinajstić information content (AvgIpc) is 2.66. The first kappa shape index (κ1) is 13.6. The molecule has 1 N–H and O–H groups in total. The number of hydrogen-bond donors (Lipinski definition) is 1. The Hall–Kier alpha value is -0.860. The Morgan fingerprint density at radius 2 is 1.67 bits per heavy atom. The zero-order valence-electron chi connectivity index (χ0n) is 11.6. The van der Waals surface area contributed by atoms with E-state index in [0.717, 1.165) is 19.5 Å². The molecule has 1 aromatic carbocycles. The van der Waals surface area contributed by atoms with Crippen LogP contribution < -0.4 is 5.32 Å². The van der Waals surface area contributed by atoms with Crippen molar-refractivity contribution in [2.45, 2.75) is 38.6 Å². The van der Waals surface area contributed by atoms with Gasteiger partial charge in [-0.15, -0.1) is 0 Å². The second-order valence-electron chi connectivity index (χ2n) is 5.31. The molecule has 0 amide bonds. The summed E-state index contributed by atoms with van der Waals surface area (Å²) in [5.74, 6) is 0. The van der Waals surface area contributed by atoms with Crippen molar-refractivity contribution >= 4 is 0 Å². The monoisotopic (exact) mass is 246 g/mol. The Bertz CT molecular complexity index is 341. The highest BCUT2D eigenvalue weighted by Gasteiger charge is 2.11. The minimum absolute atomic E-state index is 1.07. The van der Waals surface area contributed by atoms with Crippen molar-refractivity contribution < 1.29 is 0 Å². The average molecular weight is 246 g/mol. The fraction of sp³-hybridized carbons (Fsp3) is 0.625. The largest absolute Gasteiger partial charge is 0.319 e. The van der Waals surface area contributed by atoms with Crippen LogP contribution in [-0.2, 0) is 13.0 Å². The van der Waals surface area contributed by atoms with Gasteiger partial charge < -0.3 is 5.32 Å². The third-order valence-electron chi connectivity index (χ3n) is 3.86. The van der Waals surface area contributed by atoms with Gasteiger partial charge in [0, 0.05) is 6.54 Å². The van der Waals surface area contributed by atoms with E-state index in [9.17, 15) is 0 Å². The highest BCUT2D eigenvalue weighted by molar-refractivity contribution is 5.27. The van der Waals surface area contributed by atoms with Crippen LogP contribution in [0.3, 0.4) is 0 Å². The Morgan fingerprint density at radius 3 is 2.33 bits per heavy atom. The molecule has 0 bridgehead atoms. The summed E-state index contributed by atoms with van der Waals surface area (Å²) in [5, 5.41) is 3.24. The summed E-state index contributed by atoms with van der Waals surface area (Å²) in [6.45, 7) is 4.76. The van der Waals surface area contributed by atoms with Crippen molar-refractivity contribution in [3.63, 3.8) is 0 Å². The molecule has 2 nitrogen and oxygen atoms in total. The smallest absolute Gasteiger partial charge is 0.0236 e. The number of likely N-dealkylation sites (N-methyl/N-ethyl adjacent to an activating group) is 1. The summed E-state index contributed by atoms with van der Waals surface area (Å²) in [4.78, 5) is 2.63. The quantitative estimate of drug-likeness (QED) is 0.859. The van der Waals surface area contributed by atoms with Crippen LogP contribution in [0.15, 0.2) is 24.3 Å². The molecule has 1 saturated heterocycles. The maximum Gasteiger partial charge on any atom is 0.0236 e. The second kappa shape index (κ2) is 7.55. The minimum atomic E-state index is 1.07. The number of rotatable bonds is 5. The van der Waals surface area contributed by atoms with Crippen LogP contribution in [-0.4, -0.2) is 31.6 Å². The lowest BCUT2D eigenvalue weighted by Crippen LogP contribution is -2.25. The minimum Gasteiger partial charge on any atom is -0.319 e. The zero-order chi connectivity index (χ0) is 12.6. The first-order valence-electron chi connectivity index (χ1n) is 7.34. The van der Waals surface area contributed by atoms with Crippen LogP contribution in [0.4, 0.5) is 0 Å². The first-order chi connectivity index (χ1) is 8.90. The highest BCUT2D eigenvalue weighted by atomic mass is 15.1. The van der Waals surface area contributed by atoms with E-state index in [0.29, 0.717) is 0 Å². The molecule has 0 atom stereocenters. The van der Waals surface area contributed by atoms with Gasteiger partial charge in [0.1, 0.15) is 0 Å². The van der Waals surface area contributed by atoms with Gasteiger partial charge in [0.05, 0.1) is 0 Å². The fourth-order valence-electron chi connectivity index (χ4n) is 2.75. The number of likely N-dealkylation sites (tertiary alicyclic amines) is 1. The van der Waals surface area contributed by atoms with Gasteiger partial charge in [0.25, 0.3) is 0 Å². The van der Waals surface area contributed by atoms with E-state index in [4.69, 9.17) is 0 Å². The van der Waals surface area contributed by atoms with Gasteiger partial charge in [0.2, 0.25) is 0 Å². The lowest BCUT2D eigenvalue weighted by Gasteiger charge is -2.21. The van der Waals surface area contributed by atoms with Crippen molar-refractivity contribution in [1.29, 1.82) is 0 Å². The predicted octanol–water partition coefficient (Wildman–Crippen LogP) is 2.82. The van der Waals surface area contributed by atoms with Crippen LogP contribution in [0.25, 0.3) is 0 Å². The Kier molecular flexibility index (Phi) is 5.69. The number of hydrogen-bond acceptors (Lipinski definition) is 2. The van der Waals surface area contributed by atoms with E-state index in [1.54, 1.807) is 0 Å². The van der Waals surface area contributed by atoms with Crippen molar-refractivity contribution in [2.75, 3.05) is 26.7 Å². The Morgan fingerprint density at radius 1 is 1.00 bits per heavy atom. The molecule has 0 saturated carbocycles. The Labute approximate surface area is 111 Å². The molecule has 1 aliphatic heterocycles. The second-order valence-corrected chi connectivity index (χ2v) is 5.31. The zero-order valence-corrected chi connectivity index (χ0v) is 11.6. The van der Waals surface area contributed by atoms with Crippen LogP contribution >= 0.6 is 0 Å². The van der Waals surface area contributed by atoms with E-state index in [-0.39, 0.29) is 0 Å². The van der Waals surface area contributed by atoms with Crippen LogP contribution in [0.5, 0.6) is 0 Å². The number of nitrogens with one attached hydrogen (secondary N) is 1. The number of nitrogens with zero attached hydrogens (tertiary/aromatic N) is 1. The summed E-state index contributed by atoms with van der Waals surface area (Å²) in [6, 6.07) is 8.92. The van der Waals surface area contributed by atoms with Gasteiger partial charge in [-0.2, -0.15) is 0 Å². The molecule has 2 rings (SSSR count). The molecule has 0 aliphatic carbocycles. The van der Waals surface area contributed by atoms with Crippen LogP contribution in [0, 0.1) is 0 Å². The van der Waals surface area contributed by atoms with Crippen molar-refractivity contribution in [2.24, 2.45) is 0 Å². The van der Waals surface area contributed by atoms with Gasteiger partial charge in [-0.25, -0.2) is 0 Å². The predicted molar refractivity (Wildman–Crippen MR) is 77.8 cm³/mol. The van der Waals surface area contributed by atoms with Crippen LogP contribution in [0.2, 0.25) is 0 Å². The van der Waals surface area contributed by atoms with Gasteiger partial charge in [-0.1, -0.05) is 37.1 Å². The summed E-state index contributed by atoms with van der Waals surface area (Å²) in [5.41, 5.74) is 3.03. The maximum atomic E-state index is 3.24. The lowest BCUT2D eigenvalue weighted by molar-refractivity contribution is 0.276. The summed E-state index contributed by atoms with van der Waals surface area (Å²) < 4.78 is 0. The first-order valence-corrected chi connectivity index (χ1v) is 7.34. The fourth-order valence-corrected chi connectivity index (χ4v) is 2.75. The molecule has 0 unspecified atom stereocenters. The number of benzene rings is 1. The SMILES string of the molecule is CNCCc1ccccc1CN1CCCCCC1. The Balaban J connectivity index is 1.98. The summed E-state index contributed by atoms with van der Waals surface area (Å²) in [6.07, 6.45) is 6.72. The normalized spacial score (nSPS) is 17.6. The van der Waals surface area contributed by atoms with Crippen molar-refractivity contribution in [3.05, 3.63) is 35.4 Å². The molecular formula is C16H26N2. The molecule has 1 fully saturated rings. The van der Waals surface area contributed by atoms with Gasteiger partial charge in [0.15, 0.2) is 0 Å². The topological polar surface area (TPSA) is 15.3 Å². The third-order valence-corrected chi connectivity index (χ3v) is 3.86. The molecule has 18 heavy (non-hydrogen) atoms. The molecule has 2 heteroatoms. The molecule has 1 aliphatic rings. The van der Waals surface area contributed by atoms with Crippen molar-refractivity contribution in [1.82, 2.24) is 10.2 Å². The van der Waals surface area contributed by atoms with E-state index in [1.165, 1.54) is 49.9 Å². The summed E-state index contributed by atoms with van der Waals surface area (Å²) in [7, 11) is 2.03. The molecule has 0 spiro atoms.